The van der Waals surface area contributed by atoms with Crippen molar-refractivity contribution in [1.82, 2.24) is 9.97 Å². The Labute approximate surface area is 116 Å². The average molecular weight is 276 g/mol. The quantitative estimate of drug-likeness (QED) is 0.625. The summed E-state index contributed by atoms with van der Waals surface area (Å²) in [5, 5.41) is 14.1. The zero-order chi connectivity index (χ0) is 14.5. The summed E-state index contributed by atoms with van der Waals surface area (Å²) in [5.74, 6) is 1.23. The van der Waals surface area contributed by atoms with Crippen molar-refractivity contribution < 1.29 is 9.66 Å². The first-order valence-electron chi connectivity index (χ1n) is 6.23. The molecule has 0 aliphatic heterocycles. The number of hydrogen-bond donors (Lipinski definition) is 2. The van der Waals surface area contributed by atoms with Gasteiger partial charge in [0, 0.05) is 30.2 Å². The number of nitrogens with one attached hydrogen (secondary N) is 2. The van der Waals surface area contributed by atoms with Crippen LogP contribution in [0.25, 0.3) is 0 Å². The molecule has 1 unspecified atom stereocenters. The van der Waals surface area contributed by atoms with Crippen LogP contribution >= 0.6 is 0 Å². The molecule has 1 heterocycles. The Bertz CT molecular complexity index is 583. The number of nitro groups is 1. The first-order chi connectivity index (χ1) is 9.63. The summed E-state index contributed by atoms with van der Waals surface area (Å²) in [6.45, 7) is 2.01. The lowest BCUT2D eigenvalue weighted by atomic mass is 10.2. The fourth-order valence-corrected chi connectivity index (χ4v) is 1.92. The minimum absolute atomic E-state index is 0.0128. The summed E-state index contributed by atoms with van der Waals surface area (Å²) in [6, 6.07) is 4.54. The maximum atomic E-state index is 10.9. The Balaban J connectivity index is 2.27. The Morgan fingerprint density at radius 1 is 1.50 bits per heavy atom. The summed E-state index contributed by atoms with van der Waals surface area (Å²) in [4.78, 5) is 17.7. The number of rotatable bonds is 6. The van der Waals surface area contributed by atoms with E-state index in [1.807, 2.05) is 6.92 Å². The largest absolute Gasteiger partial charge is 0.496 e. The van der Waals surface area contributed by atoms with Crippen LogP contribution in [-0.2, 0) is 0 Å². The van der Waals surface area contributed by atoms with Gasteiger partial charge in [-0.2, -0.15) is 0 Å². The van der Waals surface area contributed by atoms with Crippen LogP contribution in [0, 0.1) is 10.1 Å². The van der Waals surface area contributed by atoms with Gasteiger partial charge in [-0.15, -0.1) is 0 Å². The standard InChI is InChI=1S/C13H16N4O3/c1-3-12(13-14-4-5-15-13)16-9-6-10(17(18)19)8-11(7-9)20-2/h4-8,12,16H,3H2,1-2H3,(H,14,15). The third-order valence-corrected chi connectivity index (χ3v) is 2.94. The normalized spacial score (nSPS) is 11.9. The smallest absolute Gasteiger partial charge is 0.275 e. The van der Waals surface area contributed by atoms with Crippen molar-refractivity contribution >= 4 is 11.4 Å². The molecule has 0 saturated heterocycles. The molecular weight excluding hydrogens is 260 g/mol. The molecule has 0 saturated carbocycles. The highest BCUT2D eigenvalue weighted by atomic mass is 16.6. The van der Waals surface area contributed by atoms with Gasteiger partial charge in [-0.05, 0) is 6.42 Å². The average Bonchev–Trinajstić information content (AvgIpc) is 2.98. The molecule has 0 spiro atoms. The second kappa shape index (κ2) is 6.05. The second-order valence-corrected chi connectivity index (χ2v) is 4.26. The first-order valence-corrected chi connectivity index (χ1v) is 6.23. The molecule has 0 fully saturated rings. The van der Waals surface area contributed by atoms with Gasteiger partial charge in [0.2, 0.25) is 0 Å². The van der Waals surface area contributed by atoms with Crippen molar-refractivity contribution in [3.8, 4) is 5.75 Å². The Kier molecular flexibility index (Phi) is 4.19. The summed E-state index contributed by atoms with van der Waals surface area (Å²) in [7, 11) is 1.48. The highest BCUT2D eigenvalue weighted by Gasteiger charge is 2.15. The molecule has 0 radical (unpaired) electrons. The number of nitrogens with zero attached hydrogens (tertiary/aromatic N) is 2. The number of methoxy groups -OCH3 is 1. The van der Waals surface area contributed by atoms with E-state index in [0.29, 0.717) is 11.4 Å². The number of aromatic amines is 1. The van der Waals surface area contributed by atoms with E-state index in [2.05, 4.69) is 15.3 Å². The van der Waals surface area contributed by atoms with E-state index < -0.39 is 4.92 Å². The third-order valence-electron chi connectivity index (χ3n) is 2.94. The number of benzene rings is 1. The van der Waals surface area contributed by atoms with Crippen LogP contribution < -0.4 is 10.1 Å². The zero-order valence-corrected chi connectivity index (χ0v) is 11.3. The molecule has 106 valence electrons. The molecule has 1 aromatic heterocycles. The number of anilines is 1. The van der Waals surface area contributed by atoms with Gasteiger partial charge in [-0.25, -0.2) is 4.98 Å². The van der Waals surface area contributed by atoms with E-state index in [1.54, 1.807) is 18.5 Å². The molecule has 0 amide bonds. The summed E-state index contributed by atoms with van der Waals surface area (Å²) < 4.78 is 5.08. The van der Waals surface area contributed by atoms with Crippen molar-refractivity contribution in [2.75, 3.05) is 12.4 Å². The Morgan fingerprint density at radius 2 is 2.30 bits per heavy atom. The van der Waals surface area contributed by atoms with Gasteiger partial charge in [0.1, 0.15) is 11.6 Å². The van der Waals surface area contributed by atoms with Crippen LogP contribution in [0.3, 0.4) is 0 Å². The predicted octanol–water partition coefficient (Wildman–Crippen LogP) is 2.89. The summed E-state index contributed by atoms with van der Waals surface area (Å²) in [5.41, 5.74) is 0.612. The van der Waals surface area contributed by atoms with Gasteiger partial charge in [0.05, 0.1) is 24.1 Å². The number of hydrogen-bond acceptors (Lipinski definition) is 5. The zero-order valence-electron chi connectivity index (χ0n) is 11.3. The van der Waals surface area contributed by atoms with Crippen molar-refractivity contribution in [1.29, 1.82) is 0 Å². The SMILES string of the molecule is CCC(Nc1cc(OC)cc([N+](=O)[O-])c1)c1ncc[nH]1. The van der Waals surface area contributed by atoms with Gasteiger partial charge < -0.3 is 15.0 Å². The fourth-order valence-electron chi connectivity index (χ4n) is 1.92. The lowest BCUT2D eigenvalue weighted by molar-refractivity contribution is -0.384. The molecule has 7 nitrogen and oxygen atoms in total. The number of aromatic nitrogens is 2. The third kappa shape index (κ3) is 3.05. The number of imidazole rings is 1. The van der Waals surface area contributed by atoms with E-state index >= 15 is 0 Å². The van der Waals surface area contributed by atoms with Crippen LogP contribution in [0.4, 0.5) is 11.4 Å². The molecular formula is C13H16N4O3. The molecule has 0 aliphatic carbocycles. The molecule has 1 atom stereocenters. The van der Waals surface area contributed by atoms with Gasteiger partial charge in [-0.1, -0.05) is 6.92 Å². The number of H-pyrrole nitrogens is 1. The van der Waals surface area contributed by atoms with Crippen LogP contribution in [0.2, 0.25) is 0 Å². The van der Waals surface area contributed by atoms with Gasteiger partial charge in [0.25, 0.3) is 5.69 Å². The second-order valence-electron chi connectivity index (χ2n) is 4.26. The minimum atomic E-state index is -0.443. The highest BCUT2D eigenvalue weighted by molar-refractivity contribution is 5.57. The molecule has 7 heteroatoms. The maximum absolute atomic E-state index is 10.9. The fraction of sp³-hybridized carbons (Fsp3) is 0.308. The molecule has 2 rings (SSSR count). The molecule has 2 aromatic rings. The molecule has 2 N–H and O–H groups in total. The van der Waals surface area contributed by atoms with Crippen molar-refractivity contribution in [2.24, 2.45) is 0 Å². The summed E-state index contributed by atoms with van der Waals surface area (Å²) in [6.07, 6.45) is 4.21. The predicted molar refractivity (Wildman–Crippen MR) is 74.9 cm³/mol. The molecule has 0 bridgehead atoms. The minimum Gasteiger partial charge on any atom is -0.496 e. The first kappa shape index (κ1) is 13.9. The van der Waals surface area contributed by atoms with Gasteiger partial charge in [0.15, 0.2) is 0 Å². The van der Waals surface area contributed by atoms with Crippen LogP contribution in [0.5, 0.6) is 5.75 Å². The Hall–Kier alpha value is -2.57. The highest BCUT2D eigenvalue weighted by Crippen LogP contribution is 2.28. The number of non-ortho nitro benzene ring substituents is 1. The van der Waals surface area contributed by atoms with E-state index in [4.69, 9.17) is 4.74 Å². The van der Waals surface area contributed by atoms with Crippen molar-refractivity contribution in [2.45, 2.75) is 19.4 Å². The van der Waals surface area contributed by atoms with Crippen LogP contribution in [-0.4, -0.2) is 22.0 Å². The lowest BCUT2D eigenvalue weighted by Gasteiger charge is -2.16. The molecule has 1 aromatic carbocycles. The molecule has 0 aliphatic rings. The van der Waals surface area contributed by atoms with Gasteiger partial charge >= 0.3 is 0 Å². The van der Waals surface area contributed by atoms with E-state index in [-0.39, 0.29) is 11.7 Å². The van der Waals surface area contributed by atoms with E-state index in [1.165, 1.54) is 19.2 Å². The van der Waals surface area contributed by atoms with E-state index in [0.717, 1.165) is 12.2 Å². The maximum Gasteiger partial charge on any atom is 0.275 e. The van der Waals surface area contributed by atoms with Crippen molar-refractivity contribution in [3.63, 3.8) is 0 Å². The summed E-state index contributed by atoms with van der Waals surface area (Å²) >= 11 is 0. The Morgan fingerprint density at radius 3 is 2.85 bits per heavy atom. The van der Waals surface area contributed by atoms with Crippen LogP contribution in [0.15, 0.2) is 30.6 Å². The molecule has 20 heavy (non-hydrogen) atoms. The lowest BCUT2D eigenvalue weighted by Crippen LogP contribution is -2.11. The number of ether oxygens (including phenoxy) is 1. The van der Waals surface area contributed by atoms with Gasteiger partial charge in [-0.3, -0.25) is 10.1 Å². The van der Waals surface area contributed by atoms with E-state index in [9.17, 15) is 10.1 Å². The van der Waals surface area contributed by atoms with Crippen LogP contribution in [0.1, 0.15) is 25.2 Å². The van der Waals surface area contributed by atoms with Crippen molar-refractivity contribution in [3.05, 3.63) is 46.5 Å². The monoisotopic (exact) mass is 276 g/mol. The number of nitro benzene ring substituents is 1. The topological polar surface area (TPSA) is 93.1 Å².